The lowest BCUT2D eigenvalue weighted by Crippen LogP contribution is -2.34. The molecule has 1 aliphatic rings. The molecular formula is C9H12N2O2S2. The van der Waals surface area contributed by atoms with Gasteiger partial charge in [0.25, 0.3) is 0 Å². The van der Waals surface area contributed by atoms with Crippen LogP contribution in [0.5, 0.6) is 0 Å². The largest absolute Gasteiger partial charge is 0.399 e. The van der Waals surface area contributed by atoms with Gasteiger partial charge in [0.05, 0.1) is 11.9 Å². The molecule has 0 unspecified atom stereocenters. The fourth-order valence-electron chi connectivity index (χ4n) is 1.55. The summed E-state index contributed by atoms with van der Waals surface area (Å²) in [5.41, 5.74) is 6.95. The molecule has 1 aromatic carbocycles. The topological polar surface area (TPSA) is 63.4 Å². The van der Waals surface area contributed by atoms with E-state index in [9.17, 15) is 8.42 Å². The molecule has 2 rings (SSSR count). The van der Waals surface area contributed by atoms with E-state index in [2.05, 4.69) is 0 Å². The standard InChI is InChI=1S/C9H12N2O2S2/c1-15(12,13)11-4-5-14-9-3-2-7(10)6-8(9)11/h2-3,6H,4-5,10H2,1H3. The van der Waals surface area contributed by atoms with Gasteiger partial charge in [-0.25, -0.2) is 8.42 Å². The average molecular weight is 244 g/mol. The highest BCUT2D eigenvalue weighted by Gasteiger charge is 2.24. The van der Waals surface area contributed by atoms with Crippen molar-refractivity contribution in [2.45, 2.75) is 4.90 Å². The molecule has 0 aliphatic carbocycles. The van der Waals surface area contributed by atoms with Crippen molar-refractivity contribution < 1.29 is 8.42 Å². The zero-order valence-electron chi connectivity index (χ0n) is 8.30. The van der Waals surface area contributed by atoms with Gasteiger partial charge in [-0.1, -0.05) is 0 Å². The molecule has 0 saturated heterocycles. The molecule has 0 radical (unpaired) electrons. The van der Waals surface area contributed by atoms with Crippen molar-refractivity contribution in [2.75, 3.05) is 28.6 Å². The molecule has 82 valence electrons. The predicted molar refractivity (Wildman–Crippen MR) is 63.8 cm³/mol. The van der Waals surface area contributed by atoms with Gasteiger partial charge in [-0.15, -0.1) is 11.8 Å². The van der Waals surface area contributed by atoms with Crippen molar-refractivity contribution in [3.63, 3.8) is 0 Å². The first-order valence-electron chi connectivity index (χ1n) is 4.48. The van der Waals surface area contributed by atoms with Gasteiger partial charge >= 0.3 is 0 Å². The molecule has 2 N–H and O–H groups in total. The Morgan fingerprint density at radius 1 is 1.47 bits per heavy atom. The van der Waals surface area contributed by atoms with Crippen molar-refractivity contribution >= 4 is 33.2 Å². The Morgan fingerprint density at radius 3 is 2.87 bits per heavy atom. The minimum Gasteiger partial charge on any atom is -0.399 e. The minimum absolute atomic E-state index is 0.514. The van der Waals surface area contributed by atoms with E-state index in [1.807, 2.05) is 6.07 Å². The van der Waals surface area contributed by atoms with Gasteiger partial charge in [0.2, 0.25) is 10.0 Å². The number of hydrogen-bond acceptors (Lipinski definition) is 4. The summed E-state index contributed by atoms with van der Waals surface area (Å²) < 4.78 is 24.5. The molecule has 0 atom stereocenters. The van der Waals surface area contributed by atoms with Crippen molar-refractivity contribution in [3.05, 3.63) is 18.2 Å². The van der Waals surface area contributed by atoms with E-state index in [0.29, 0.717) is 17.9 Å². The van der Waals surface area contributed by atoms with Crippen molar-refractivity contribution in [1.29, 1.82) is 0 Å². The summed E-state index contributed by atoms with van der Waals surface area (Å²) in [7, 11) is -3.19. The highest BCUT2D eigenvalue weighted by Crippen LogP contribution is 2.37. The van der Waals surface area contributed by atoms with Crippen LogP contribution in [0.3, 0.4) is 0 Å². The number of nitrogens with two attached hydrogens (primary N) is 1. The molecule has 4 nitrogen and oxygen atoms in total. The quantitative estimate of drug-likeness (QED) is 0.752. The van der Waals surface area contributed by atoms with Crippen LogP contribution in [0.1, 0.15) is 0 Å². The second-order valence-corrected chi connectivity index (χ2v) is 6.45. The second-order valence-electron chi connectivity index (χ2n) is 3.41. The van der Waals surface area contributed by atoms with Crippen molar-refractivity contribution in [2.24, 2.45) is 0 Å². The van der Waals surface area contributed by atoms with Crippen LogP contribution in [-0.2, 0) is 10.0 Å². The van der Waals surface area contributed by atoms with Crippen molar-refractivity contribution in [1.82, 2.24) is 0 Å². The molecule has 0 aromatic heterocycles. The number of nitrogens with zero attached hydrogens (tertiary/aromatic N) is 1. The lowest BCUT2D eigenvalue weighted by Gasteiger charge is -2.28. The molecule has 15 heavy (non-hydrogen) atoms. The van der Waals surface area contributed by atoms with Gasteiger partial charge in [-0.05, 0) is 18.2 Å². The maximum Gasteiger partial charge on any atom is 0.232 e. The summed E-state index contributed by atoms with van der Waals surface area (Å²) in [6.45, 7) is 0.514. The van der Waals surface area contributed by atoms with E-state index in [-0.39, 0.29) is 0 Å². The third-order valence-corrected chi connectivity index (χ3v) is 4.43. The Kier molecular flexibility index (Phi) is 2.56. The lowest BCUT2D eigenvalue weighted by atomic mass is 10.3. The van der Waals surface area contributed by atoms with Crippen LogP contribution in [0.4, 0.5) is 11.4 Å². The Labute approximate surface area is 93.5 Å². The average Bonchev–Trinajstić information content (AvgIpc) is 2.15. The number of anilines is 2. The first-order chi connectivity index (χ1) is 6.98. The molecule has 1 aliphatic heterocycles. The highest BCUT2D eigenvalue weighted by atomic mass is 32.2. The first-order valence-corrected chi connectivity index (χ1v) is 7.32. The van der Waals surface area contributed by atoms with Crippen LogP contribution >= 0.6 is 11.8 Å². The smallest absolute Gasteiger partial charge is 0.232 e. The van der Waals surface area contributed by atoms with Gasteiger partial charge in [0.1, 0.15) is 0 Å². The Morgan fingerprint density at radius 2 is 2.20 bits per heavy atom. The van der Waals surface area contributed by atoms with Gasteiger partial charge in [0, 0.05) is 22.9 Å². The third-order valence-electron chi connectivity index (χ3n) is 2.20. The summed E-state index contributed by atoms with van der Waals surface area (Å²) in [6.07, 6.45) is 1.22. The zero-order chi connectivity index (χ0) is 11.1. The summed E-state index contributed by atoms with van der Waals surface area (Å²) >= 11 is 1.66. The number of rotatable bonds is 1. The number of thioether (sulfide) groups is 1. The van der Waals surface area contributed by atoms with Gasteiger partial charge in [-0.3, -0.25) is 4.31 Å². The summed E-state index contributed by atoms with van der Waals surface area (Å²) in [6, 6.07) is 5.37. The van der Waals surface area contributed by atoms with E-state index >= 15 is 0 Å². The monoisotopic (exact) mass is 244 g/mol. The van der Waals surface area contributed by atoms with Gasteiger partial charge < -0.3 is 5.73 Å². The van der Waals surface area contributed by atoms with Crippen molar-refractivity contribution in [3.8, 4) is 0 Å². The number of sulfonamides is 1. The molecule has 0 bridgehead atoms. The predicted octanol–water partition coefficient (Wildman–Crippen LogP) is 1.14. The number of benzene rings is 1. The van der Waals surface area contributed by atoms with Crippen LogP contribution in [0.25, 0.3) is 0 Å². The number of nitrogen functional groups attached to an aromatic ring is 1. The first kappa shape index (κ1) is 10.6. The summed E-state index contributed by atoms with van der Waals surface area (Å²) in [5.74, 6) is 0.782. The lowest BCUT2D eigenvalue weighted by molar-refractivity contribution is 0.597. The van der Waals surface area contributed by atoms with E-state index in [0.717, 1.165) is 10.6 Å². The Hall–Kier alpha value is -0.880. The van der Waals surface area contributed by atoms with Crippen LogP contribution < -0.4 is 10.0 Å². The molecule has 6 heteroatoms. The third kappa shape index (κ3) is 2.05. The van der Waals surface area contributed by atoms with E-state index in [1.54, 1.807) is 23.9 Å². The second kappa shape index (κ2) is 3.61. The molecule has 0 fully saturated rings. The molecule has 0 amide bonds. The van der Waals surface area contributed by atoms with Gasteiger partial charge in [-0.2, -0.15) is 0 Å². The zero-order valence-corrected chi connectivity index (χ0v) is 9.94. The van der Waals surface area contributed by atoms with E-state index < -0.39 is 10.0 Å². The normalized spacial score (nSPS) is 16.2. The fourth-order valence-corrected chi connectivity index (χ4v) is 3.63. The number of fused-ring (bicyclic) bond motifs is 1. The maximum atomic E-state index is 11.5. The Bertz CT molecular complexity index is 485. The minimum atomic E-state index is -3.19. The van der Waals surface area contributed by atoms with Gasteiger partial charge in [0.15, 0.2) is 0 Å². The molecule has 0 spiro atoms. The van der Waals surface area contributed by atoms with Crippen LogP contribution in [0, 0.1) is 0 Å². The van der Waals surface area contributed by atoms with Crippen LogP contribution in [0.15, 0.2) is 23.1 Å². The highest BCUT2D eigenvalue weighted by molar-refractivity contribution is 8.00. The maximum absolute atomic E-state index is 11.5. The summed E-state index contributed by atoms with van der Waals surface area (Å²) in [4.78, 5) is 0.973. The fraction of sp³-hybridized carbons (Fsp3) is 0.333. The Balaban J connectivity index is 2.55. The molecule has 1 heterocycles. The molecule has 0 saturated carbocycles. The van der Waals surface area contributed by atoms with Crippen LogP contribution in [-0.4, -0.2) is 27.0 Å². The summed E-state index contributed by atoms with van der Waals surface area (Å²) in [5, 5.41) is 0. The SMILES string of the molecule is CS(=O)(=O)N1CCSc2ccc(N)cc21. The molecule has 1 aromatic rings. The molecular weight excluding hydrogens is 232 g/mol. The van der Waals surface area contributed by atoms with Crippen LogP contribution in [0.2, 0.25) is 0 Å². The van der Waals surface area contributed by atoms with E-state index in [1.165, 1.54) is 10.6 Å². The van der Waals surface area contributed by atoms with E-state index in [4.69, 9.17) is 5.73 Å². The number of hydrogen-bond donors (Lipinski definition) is 1.